The van der Waals surface area contributed by atoms with Gasteiger partial charge < -0.3 is 0 Å². The fourth-order valence-corrected chi connectivity index (χ4v) is 3.63. The topological polar surface area (TPSA) is 58.9 Å². The number of hydrogen-bond donors (Lipinski definition) is 0. The Bertz CT molecular complexity index is 607. The molecule has 1 aliphatic carbocycles. The summed E-state index contributed by atoms with van der Waals surface area (Å²) >= 11 is 0. The Labute approximate surface area is 130 Å². The standard InChI is InChI=1S/C18H20N2O2/c1-2-11-18(20-15-22,16-9-5-3-6-10-16)17(19-14-21)12-7-4-8-13-17/h2-3,5-6,9-10H,1,4,7-8,11-13H2. The van der Waals surface area contributed by atoms with E-state index in [4.69, 9.17) is 0 Å². The Morgan fingerprint density at radius 2 is 1.82 bits per heavy atom. The van der Waals surface area contributed by atoms with Crippen molar-refractivity contribution in [1.82, 2.24) is 0 Å². The van der Waals surface area contributed by atoms with E-state index in [-0.39, 0.29) is 0 Å². The molecular weight excluding hydrogens is 276 g/mol. The van der Waals surface area contributed by atoms with Crippen LogP contribution in [-0.2, 0) is 15.1 Å². The molecule has 114 valence electrons. The zero-order valence-corrected chi connectivity index (χ0v) is 12.6. The maximum absolute atomic E-state index is 11.2. The number of nitrogens with zero attached hydrogens (tertiary/aromatic N) is 2. The summed E-state index contributed by atoms with van der Waals surface area (Å²) in [4.78, 5) is 30.7. The molecule has 1 fully saturated rings. The number of benzene rings is 1. The Morgan fingerprint density at radius 1 is 1.14 bits per heavy atom. The van der Waals surface area contributed by atoms with Crippen molar-refractivity contribution in [3.63, 3.8) is 0 Å². The monoisotopic (exact) mass is 296 g/mol. The van der Waals surface area contributed by atoms with Crippen LogP contribution in [0.2, 0.25) is 0 Å². The van der Waals surface area contributed by atoms with Crippen molar-refractivity contribution in [1.29, 1.82) is 0 Å². The summed E-state index contributed by atoms with van der Waals surface area (Å²) in [6, 6.07) is 9.54. The van der Waals surface area contributed by atoms with Crippen LogP contribution in [0.4, 0.5) is 0 Å². The van der Waals surface area contributed by atoms with Gasteiger partial charge >= 0.3 is 0 Å². The van der Waals surface area contributed by atoms with Gasteiger partial charge in [0.25, 0.3) is 0 Å². The maximum Gasteiger partial charge on any atom is 0.235 e. The fourth-order valence-electron chi connectivity index (χ4n) is 3.63. The van der Waals surface area contributed by atoms with E-state index in [2.05, 4.69) is 16.6 Å². The molecule has 1 aromatic carbocycles. The van der Waals surface area contributed by atoms with Crippen LogP contribution in [0.25, 0.3) is 0 Å². The van der Waals surface area contributed by atoms with Crippen molar-refractivity contribution in [2.24, 2.45) is 9.98 Å². The average Bonchev–Trinajstić information content (AvgIpc) is 2.56. The molecule has 0 amide bonds. The van der Waals surface area contributed by atoms with Crippen molar-refractivity contribution in [3.05, 3.63) is 48.6 Å². The first-order valence-corrected chi connectivity index (χ1v) is 7.59. The molecule has 0 bridgehead atoms. The molecule has 2 rings (SSSR count). The maximum atomic E-state index is 11.2. The van der Waals surface area contributed by atoms with Gasteiger partial charge in [-0.2, -0.15) is 9.98 Å². The molecule has 4 nitrogen and oxygen atoms in total. The first kappa shape index (κ1) is 16.1. The summed E-state index contributed by atoms with van der Waals surface area (Å²) in [5, 5.41) is 0. The molecular formula is C18H20N2O2. The highest BCUT2D eigenvalue weighted by molar-refractivity contribution is 5.44. The Kier molecular flexibility index (Phi) is 5.21. The summed E-state index contributed by atoms with van der Waals surface area (Å²) in [6.45, 7) is 3.81. The third-order valence-corrected chi connectivity index (χ3v) is 4.64. The van der Waals surface area contributed by atoms with Crippen molar-refractivity contribution < 1.29 is 9.59 Å². The van der Waals surface area contributed by atoms with Crippen molar-refractivity contribution in [3.8, 4) is 0 Å². The second-order valence-corrected chi connectivity index (χ2v) is 5.72. The summed E-state index contributed by atoms with van der Waals surface area (Å²) in [5.74, 6) is 0. The van der Waals surface area contributed by atoms with E-state index in [0.29, 0.717) is 19.3 Å². The van der Waals surface area contributed by atoms with Crippen molar-refractivity contribution in [2.75, 3.05) is 0 Å². The van der Waals surface area contributed by atoms with E-state index in [0.717, 1.165) is 24.8 Å². The predicted octanol–water partition coefficient (Wildman–Crippen LogP) is 3.83. The third-order valence-electron chi connectivity index (χ3n) is 4.64. The van der Waals surface area contributed by atoms with Crippen LogP contribution in [0.3, 0.4) is 0 Å². The SMILES string of the molecule is C=CCC(N=C=O)(c1ccccc1)C1(N=C=O)CCCCC1. The minimum absolute atomic E-state index is 0.428. The first-order valence-electron chi connectivity index (χ1n) is 7.59. The van der Waals surface area contributed by atoms with Gasteiger partial charge in [-0.25, -0.2) is 9.59 Å². The van der Waals surface area contributed by atoms with Crippen LogP contribution in [0, 0.1) is 0 Å². The molecule has 0 spiro atoms. The Morgan fingerprint density at radius 3 is 2.36 bits per heavy atom. The van der Waals surface area contributed by atoms with E-state index < -0.39 is 11.1 Å². The lowest BCUT2D eigenvalue weighted by molar-refractivity contribution is 0.163. The number of hydrogen-bond acceptors (Lipinski definition) is 4. The smallest absolute Gasteiger partial charge is 0.211 e. The van der Waals surface area contributed by atoms with Gasteiger partial charge in [-0.05, 0) is 24.8 Å². The van der Waals surface area contributed by atoms with Gasteiger partial charge in [-0.1, -0.05) is 55.7 Å². The molecule has 4 heteroatoms. The van der Waals surface area contributed by atoms with Gasteiger partial charge in [0.2, 0.25) is 12.2 Å². The third kappa shape index (κ3) is 2.71. The van der Waals surface area contributed by atoms with Crippen LogP contribution < -0.4 is 0 Å². The molecule has 0 radical (unpaired) electrons. The van der Waals surface area contributed by atoms with E-state index in [1.165, 1.54) is 0 Å². The molecule has 1 aliphatic rings. The molecule has 1 saturated carbocycles. The highest BCUT2D eigenvalue weighted by Gasteiger charge is 2.53. The lowest BCUT2D eigenvalue weighted by atomic mass is 9.64. The van der Waals surface area contributed by atoms with Crippen molar-refractivity contribution in [2.45, 2.75) is 49.6 Å². The highest BCUT2D eigenvalue weighted by atomic mass is 16.1. The molecule has 1 unspecified atom stereocenters. The molecule has 22 heavy (non-hydrogen) atoms. The number of isocyanates is 2. The molecule has 0 N–H and O–H groups in total. The van der Waals surface area contributed by atoms with Crippen LogP contribution in [0.5, 0.6) is 0 Å². The first-order chi connectivity index (χ1) is 10.7. The van der Waals surface area contributed by atoms with E-state index in [1.807, 2.05) is 30.3 Å². The van der Waals surface area contributed by atoms with Gasteiger partial charge in [0.05, 0.1) is 0 Å². The van der Waals surface area contributed by atoms with Crippen LogP contribution in [0.1, 0.15) is 44.1 Å². The molecule has 1 atom stereocenters. The lowest BCUT2D eigenvalue weighted by Crippen LogP contribution is -2.50. The number of aliphatic imine (C=N–C) groups is 2. The summed E-state index contributed by atoms with van der Waals surface area (Å²) in [6.07, 6.45) is 9.99. The lowest BCUT2D eigenvalue weighted by Gasteiger charge is -2.46. The van der Waals surface area contributed by atoms with E-state index >= 15 is 0 Å². The summed E-state index contributed by atoms with van der Waals surface area (Å²) in [5.41, 5.74) is -0.825. The zero-order chi connectivity index (χ0) is 15.9. The van der Waals surface area contributed by atoms with Crippen LogP contribution >= 0.6 is 0 Å². The Balaban J connectivity index is 2.71. The van der Waals surface area contributed by atoms with Gasteiger partial charge in [0.1, 0.15) is 11.1 Å². The van der Waals surface area contributed by atoms with Crippen molar-refractivity contribution >= 4 is 12.2 Å². The van der Waals surface area contributed by atoms with E-state index in [9.17, 15) is 9.59 Å². The number of rotatable bonds is 6. The van der Waals surface area contributed by atoms with E-state index in [1.54, 1.807) is 18.2 Å². The number of carbonyl (C=O) groups excluding carboxylic acids is 2. The quantitative estimate of drug-likeness (QED) is 0.455. The summed E-state index contributed by atoms with van der Waals surface area (Å²) in [7, 11) is 0. The summed E-state index contributed by atoms with van der Waals surface area (Å²) < 4.78 is 0. The van der Waals surface area contributed by atoms with Crippen LogP contribution in [0.15, 0.2) is 53.0 Å². The minimum atomic E-state index is -0.935. The second-order valence-electron chi connectivity index (χ2n) is 5.72. The van der Waals surface area contributed by atoms with Gasteiger partial charge in [-0.3, -0.25) is 0 Å². The largest absolute Gasteiger partial charge is 0.235 e. The highest BCUT2D eigenvalue weighted by Crippen LogP contribution is 2.50. The molecule has 0 aliphatic heterocycles. The minimum Gasteiger partial charge on any atom is -0.211 e. The normalized spacial score (nSPS) is 19.1. The molecule has 0 heterocycles. The second kappa shape index (κ2) is 7.13. The van der Waals surface area contributed by atoms with Crippen LogP contribution in [-0.4, -0.2) is 17.7 Å². The Hall–Kier alpha value is -2.28. The molecule has 0 saturated heterocycles. The average molecular weight is 296 g/mol. The fraction of sp³-hybridized carbons (Fsp3) is 0.444. The van der Waals surface area contributed by atoms with Gasteiger partial charge in [0.15, 0.2) is 0 Å². The van der Waals surface area contributed by atoms with Gasteiger partial charge in [-0.15, -0.1) is 6.58 Å². The predicted molar refractivity (Wildman–Crippen MR) is 85.0 cm³/mol. The molecule has 1 aromatic rings. The zero-order valence-electron chi connectivity index (χ0n) is 12.6. The molecule has 0 aromatic heterocycles. The van der Waals surface area contributed by atoms with Gasteiger partial charge in [0, 0.05) is 0 Å².